The number of rotatable bonds is 2. The Hall–Kier alpha value is -3.84. The molecule has 0 amide bonds. The van der Waals surface area contributed by atoms with Gasteiger partial charge in [0.2, 0.25) is 0 Å². The Balaban J connectivity index is 1.82. The van der Waals surface area contributed by atoms with Crippen LogP contribution in [0.25, 0.3) is 54.6 Å². The Morgan fingerprint density at radius 1 is 0.387 bits per heavy atom. The van der Waals surface area contributed by atoms with Gasteiger partial charge in [0.15, 0.2) is 0 Å². The molecule has 0 saturated heterocycles. The second-order valence-electron chi connectivity index (χ2n) is 8.23. The van der Waals surface area contributed by atoms with Gasteiger partial charge >= 0.3 is 0 Å². The predicted molar refractivity (Wildman–Crippen MR) is 138 cm³/mol. The fraction of sp³-hybridized carbons (Fsp3) is 0. The van der Waals surface area contributed by atoms with Crippen molar-refractivity contribution >= 4 is 45.6 Å². The Morgan fingerprint density at radius 2 is 0.871 bits per heavy atom. The van der Waals surface area contributed by atoms with Gasteiger partial charge in [0.05, 0.1) is 0 Å². The molecule has 0 spiro atoms. The lowest BCUT2D eigenvalue weighted by Gasteiger charge is -2.18. The molecule has 144 valence electrons. The van der Waals surface area contributed by atoms with Crippen molar-refractivity contribution in [1.29, 1.82) is 0 Å². The van der Waals surface area contributed by atoms with Gasteiger partial charge in [-0.25, -0.2) is 0 Å². The predicted octanol–water partition coefficient (Wildman–Crippen LogP) is 6.74. The molecule has 0 nitrogen and oxygen atoms in total. The first-order chi connectivity index (χ1) is 15.3. The Bertz CT molecular complexity index is 1510. The van der Waals surface area contributed by atoms with Gasteiger partial charge in [0.1, 0.15) is 7.85 Å². The summed E-state index contributed by atoms with van der Waals surface area (Å²) in [6.45, 7) is 0. The van der Waals surface area contributed by atoms with Gasteiger partial charge in [-0.3, -0.25) is 0 Å². The summed E-state index contributed by atoms with van der Waals surface area (Å²) in [5, 5.41) is 7.77. The SMILES string of the molecule is Bc1ccc(-c2c3ccccc3c(-c3cccc4ccccc34)c3ccccc23)cc1. The van der Waals surface area contributed by atoms with Gasteiger partial charge in [-0.2, -0.15) is 0 Å². The van der Waals surface area contributed by atoms with Crippen LogP contribution in [0, 0.1) is 0 Å². The summed E-state index contributed by atoms with van der Waals surface area (Å²) in [6, 6.07) is 42.0. The van der Waals surface area contributed by atoms with E-state index in [0.717, 1.165) is 0 Å². The number of hydrogen-bond acceptors (Lipinski definition) is 0. The summed E-state index contributed by atoms with van der Waals surface area (Å²) in [5.74, 6) is 0. The lowest BCUT2D eigenvalue weighted by Crippen LogP contribution is -1.99. The minimum absolute atomic E-state index is 1.27. The van der Waals surface area contributed by atoms with Crippen molar-refractivity contribution in [2.45, 2.75) is 0 Å². The van der Waals surface area contributed by atoms with Crippen LogP contribution in [0.1, 0.15) is 0 Å². The molecule has 0 bridgehead atoms. The van der Waals surface area contributed by atoms with Crippen LogP contribution >= 0.6 is 0 Å². The molecule has 0 saturated carbocycles. The molecule has 0 aliphatic carbocycles. The van der Waals surface area contributed by atoms with Gasteiger partial charge in [-0.15, -0.1) is 0 Å². The minimum Gasteiger partial charge on any atom is -0.0889 e. The molecule has 6 rings (SSSR count). The first-order valence-corrected chi connectivity index (χ1v) is 10.8. The number of hydrogen-bond donors (Lipinski definition) is 0. The number of benzene rings is 6. The molecule has 0 unspecified atom stereocenters. The summed E-state index contributed by atoms with van der Waals surface area (Å²) in [4.78, 5) is 0. The normalized spacial score (nSPS) is 11.4. The zero-order chi connectivity index (χ0) is 20.8. The summed E-state index contributed by atoms with van der Waals surface area (Å²) < 4.78 is 0. The van der Waals surface area contributed by atoms with Gasteiger partial charge in [0, 0.05) is 0 Å². The Kier molecular flexibility index (Phi) is 4.14. The average Bonchev–Trinajstić information content (AvgIpc) is 2.83. The van der Waals surface area contributed by atoms with Crippen molar-refractivity contribution in [3.05, 3.63) is 115 Å². The summed E-state index contributed by atoms with van der Waals surface area (Å²) in [7, 11) is 2.14. The molecule has 0 aromatic heterocycles. The molecule has 0 fully saturated rings. The molecule has 6 aromatic carbocycles. The molecular weight excluding hydrogens is 371 g/mol. The fourth-order valence-electron chi connectivity index (χ4n) is 4.89. The second kappa shape index (κ2) is 7.14. The van der Waals surface area contributed by atoms with Gasteiger partial charge in [0.25, 0.3) is 0 Å². The van der Waals surface area contributed by atoms with Crippen LogP contribution in [0.4, 0.5) is 0 Å². The van der Waals surface area contributed by atoms with Crippen LogP contribution in [-0.4, -0.2) is 7.85 Å². The summed E-state index contributed by atoms with van der Waals surface area (Å²) in [6.07, 6.45) is 0. The quantitative estimate of drug-likeness (QED) is 0.226. The third kappa shape index (κ3) is 2.85. The first kappa shape index (κ1) is 18.0. The highest BCUT2D eigenvalue weighted by Gasteiger charge is 2.17. The maximum atomic E-state index is 2.27. The molecule has 0 aliphatic heterocycles. The first-order valence-electron chi connectivity index (χ1n) is 10.8. The standard InChI is InChI=1S/C30H21B/c31-22-18-16-21(17-19-22)29-25-11-3-5-13-27(25)30(28-14-6-4-12-26(28)29)24-15-7-9-20-8-1-2-10-23(20)24/h1-19H,31H2. The van der Waals surface area contributed by atoms with Gasteiger partial charge in [-0.1, -0.05) is 121 Å². The lowest BCUT2D eigenvalue weighted by molar-refractivity contribution is 1.68. The maximum Gasteiger partial charge on any atom is 0.139 e. The molecule has 31 heavy (non-hydrogen) atoms. The van der Waals surface area contributed by atoms with Gasteiger partial charge < -0.3 is 0 Å². The van der Waals surface area contributed by atoms with E-state index in [0.29, 0.717) is 0 Å². The second-order valence-corrected chi connectivity index (χ2v) is 8.23. The molecule has 6 aromatic rings. The van der Waals surface area contributed by atoms with Crippen molar-refractivity contribution in [2.24, 2.45) is 0 Å². The topological polar surface area (TPSA) is 0 Å². The lowest BCUT2D eigenvalue weighted by atomic mass is 9.84. The van der Waals surface area contributed by atoms with E-state index in [1.54, 1.807) is 0 Å². The van der Waals surface area contributed by atoms with E-state index < -0.39 is 0 Å². The van der Waals surface area contributed by atoms with E-state index >= 15 is 0 Å². The van der Waals surface area contributed by atoms with Crippen LogP contribution in [0.3, 0.4) is 0 Å². The molecular formula is C30H21B. The van der Waals surface area contributed by atoms with Crippen molar-refractivity contribution in [3.8, 4) is 22.3 Å². The molecule has 0 aliphatic rings. The Labute approximate surface area is 183 Å². The van der Waals surface area contributed by atoms with Crippen LogP contribution in [0.5, 0.6) is 0 Å². The minimum atomic E-state index is 1.27. The average molecular weight is 392 g/mol. The van der Waals surface area contributed by atoms with E-state index in [9.17, 15) is 0 Å². The van der Waals surface area contributed by atoms with E-state index in [2.05, 4.69) is 123 Å². The Morgan fingerprint density at radius 3 is 1.48 bits per heavy atom. The highest BCUT2D eigenvalue weighted by Crippen LogP contribution is 2.44. The maximum absolute atomic E-state index is 2.27. The molecule has 0 atom stereocenters. The van der Waals surface area contributed by atoms with E-state index in [4.69, 9.17) is 0 Å². The van der Waals surface area contributed by atoms with E-state index in [1.165, 1.54) is 60.0 Å². The number of fused-ring (bicyclic) bond motifs is 3. The van der Waals surface area contributed by atoms with Crippen molar-refractivity contribution in [1.82, 2.24) is 0 Å². The van der Waals surface area contributed by atoms with Crippen LogP contribution in [-0.2, 0) is 0 Å². The van der Waals surface area contributed by atoms with Crippen molar-refractivity contribution in [2.75, 3.05) is 0 Å². The molecule has 0 N–H and O–H groups in total. The van der Waals surface area contributed by atoms with Crippen molar-refractivity contribution < 1.29 is 0 Å². The largest absolute Gasteiger partial charge is 0.139 e. The highest BCUT2D eigenvalue weighted by atomic mass is 14.2. The van der Waals surface area contributed by atoms with Crippen molar-refractivity contribution in [3.63, 3.8) is 0 Å². The summed E-state index contributed by atoms with van der Waals surface area (Å²) >= 11 is 0. The highest BCUT2D eigenvalue weighted by molar-refractivity contribution is 6.32. The van der Waals surface area contributed by atoms with Crippen LogP contribution < -0.4 is 5.46 Å². The monoisotopic (exact) mass is 392 g/mol. The fourth-order valence-corrected chi connectivity index (χ4v) is 4.89. The molecule has 1 heteroatoms. The third-order valence-electron chi connectivity index (χ3n) is 6.33. The molecule has 0 heterocycles. The zero-order valence-electron chi connectivity index (χ0n) is 17.5. The summed E-state index contributed by atoms with van der Waals surface area (Å²) in [5.41, 5.74) is 6.47. The van der Waals surface area contributed by atoms with E-state index in [1.807, 2.05) is 0 Å². The van der Waals surface area contributed by atoms with Gasteiger partial charge in [-0.05, 0) is 54.6 Å². The molecule has 0 radical (unpaired) electrons. The third-order valence-corrected chi connectivity index (χ3v) is 6.33. The van der Waals surface area contributed by atoms with Crippen LogP contribution in [0.2, 0.25) is 0 Å². The van der Waals surface area contributed by atoms with Crippen LogP contribution in [0.15, 0.2) is 115 Å². The van der Waals surface area contributed by atoms with E-state index in [-0.39, 0.29) is 0 Å². The zero-order valence-corrected chi connectivity index (χ0v) is 17.5. The smallest absolute Gasteiger partial charge is 0.0889 e.